The van der Waals surface area contributed by atoms with Crippen LogP contribution in [0.4, 0.5) is 4.79 Å². The lowest BCUT2D eigenvalue weighted by Crippen LogP contribution is -2.41. The second-order valence-corrected chi connectivity index (χ2v) is 8.76. The van der Waals surface area contributed by atoms with Gasteiger partial charge in [0.25, 0.3) is 0 Å². The van der Waals surface area contributed by atoms with Crippen LogP contribution in [0.5, 0.6) is 0 Å². The van der Waals surface area contributed by atoms with Crippen LogP contribution in [-0.4, -0.2) is 55.0 Å². The lowest BCUT2D eigenvalue weighted by molar-refractivity contribution is -0.149. The third-order valence-electron chi connectivity index (χ3n) is 6.61. The fraction of sp³-hybridized carbons (Fsp3) is 0.423. The quantitative estimate of drug-likeness (QED) is 0.523. The monoisotopic (exact) mass is 466 g/mol. The smallest absolute Gasteiger partial charge is 0.407 e. The molecule has 4 rings (SSSR count). The molecule has 34 heavy (non-hydrogen) atoms. The van der Waals surface area contributed by atoms with Gasteiger partial charge in [-0.3, -0.25) is 4.79 Å². The van der Waals surface area contributed by atoms with E-state index in [1.165, 1.54) is 0 Å². The normalized spacial score (nSPS) is 19.7. The number of carbonyl (C=O) groups excluding carboxylic acids is 2. The summed E-state index contributed by atoms with van der Waals surface area (Å²) in [4.78, 5) is 36.1. The van der Waals surface area contributed by atoms with Crippen molar-refractivity contribution in [2.24, 2.45) is 5.92 Å². The molecule has 0 aromatic heterocycles. The number of alkyl carbamates (subject to hydrolysis) is 1. The summed E-state index contributed by atoms with van der Waals surface area (Å²) in [6.07, 6.45) is -0.210. The van der Waals surface area contributed by atoms with Crippen molar-refractivity contribution in [2.45, 2.75) is 44.2 Å². The van der Waals surface area contributed by atoms with Gasteiger partial charge >= 0.3 is 12.1 Å². The van der Waals surface area contributed by atoms with E-state index in [0.717, 1.165) is 22.3 Å². The Hall–Kier alpha value is -3.39. The molecule has 1 fully saturated rings. The fourth-order valence-corrected chi connectivity index (χ4v) is 4.76. The van der Waals surface area contributed by atoms with E-state index in [0.29, 0.717) is 19.4 Å². The summed E-state index contributed by atoms with van der Waals surface area (Å²) >= 11 is 0. The third-order valence-corrected chi connectivity index (χ3v) is 6.61. The maximum absolute atomic E-state index is 12.5. The number of hydrogen-bond donors (Lipinski definition) is 3. The molecule has 0 saturated carbocycles. The van der Waals surface area contributed by atoms with E-state index in [9.17, 15) is 19.5 Å². The standard InChI is InChI=1S/C26H30N2O6/c1-2-17(13-23(29)27-14-16-11-12-33-24(16)25(30)31)28-26(32)34-15-22-20-9-5-3-7-18(20)19-8-4-6-10-21(19)22/h3-10,16-17,22,24H,2,11-15H2,1H3,(H,27,29)(H,28,32)(H,30,31)/t16-,17+,24-/m1/s1. The molecule has 0 spiro atoms. The number of aliphatic carboxylic acids is 1. The lowest BCUT2D eigenvalue weighted by atomic mass is 9.98. The predicted molar refractivity (Wildman–Crippen MR) is 125 cm³/mol. The number of hydrogen-bond acceptors (Lipinski definition) is 5. The van der Waals surface area contributed by atoms with Crippen LogP contribution in [0, 0.1) is 5.92 Å². The van der Waals surface area contributed by atoms with Crippen molar-refractivity contribution in [3.8, 4) is 11.1 Å². The summed E-state index contributed by atoms with van der Waals surface area (Å²) in [5.41, 5.74) is 4.60. The van der Waals surface area contributed by atoms with E-state index in [4.69, 9.17) is 9.47 Å². The van der Waals surface area contributed by atoms with Gasteiger partial charge in [0.1, 0.15) is 6.61 Å². The molecule has 2 aromatic rings. The molecule has 8 nitrogen and oxygen atoms in total. The van der Waals surface area contributed by atoms with Crippen LogP contribution in [0.25, 0.3) is 11.1 Å². The minimum atomic E-state index is -1.01. The summed E-state index contributed by atoms with van der Waals surface area (Å²) in [6, 6.07) is 15.9. The van der Waals surface area contributed by atoms with Crippen molar-refractivity contribution in [1.29, 1.82) is 0 Å². The Morgan fingerprint density at radius 2 is 1.74 bits per heavy atom. The van der Waals surface area contributed by atoms with Crippen LogP contribution < -0.4 is 10.6 Å². The van der Waals surface area contributed by atoms with E-state index >= 15 is 0 Å². The average molecular weight is 467 g/mol. The average Bonchev–Trinajstić information content (AvgIpc) is 3.44. The molecule has 8 heteroatoms. The molecule has 1 heterocycles. The van der Waals surface area contributed by atoms with Crippen molar-refractivity contribution < 1.29 is 29.0 Å². The lowest BCUT2D eigenvalue weighted by Gasteiger charge is -2.20. The SMILES string of the molecule is CC[C@@H](CC(=O)NC[C@H]1CCO[C@H]1C(=O)O)NC(=O)OCC1c2ccccc2-c2ccccc21. The van der Waals surface area contributed by atoms with Gasteiger partial charge < -0.3 is 25.2 Å². The van der Waals surface area contributed by atoms with Crippen LogP contribution in [0.15, 0.2) is 48.5 Å². The largest absolute Gasteiger partial charge is 0.479 e. The molecule has 1 saturated heterocycles. The van der Waals surface area contributed by atoms with Gasteiger partial charge in [-0.1, -0.05) is 55.5 Å². The highest BCUT2D eigenvalue weighted by Crippen LogP contribution is 2.44. The van der Waals surface area contributed by atoms with Crippen LogP contribution in [-0.2, 0) is 19.1 Å². The number of carboxylic acids is 1. The van der Waals surface area contributed by atoms with E-state index < -0.39 is 18.2 Å². The Labute approximate surface area is 198 Å². The van der Waals surface area contributed by atoms with Gasteiger partial charge in [-0.2, -0.15) is 0 Å². The highest BCUT2D eigenvalue weighted by atomic mass is 16.5. The molecule has 2 aliphatic rings. The van der Waals surface area contributed by atoms with Crippen LogP contribution in [0.2, 0.25) is 0 Å². The summed E-state index contributed by atoms with van der Waals surface area (Å²) in [5, 5.41) is 14.7. The number of carboxylic acid groups (broad SMARTS) is 1. The second-order valence-electron chi connectivity index (χ2n) is 8.76. The topological polar surface area (TPSA) is 114 Å². The molecule has 0 unspecified atom stereocenters. The van der Waals surface area contributed by atoms with Crippen molar-refractivity contribution in [1.82, 2.24) is 10.6 Å². The van der Waals surface area contributed by atoms with Crippen molar-refractivity contribution in [2.75, 3.05) is 19.8 Å². The maximum Gasteiger partial charge on any atom is 0.407 e. The number of carbonyl (C=O) groups is 3. The molecule has 3 N–H and O–H groups in total. The Bertz CT molecular complexity index is 1010. The Kier molecular flexibility index (Phi) is 7.47. The van der Waals surface area contributed by atoms with Crippen LogP contribution in [0.3, 0.4) is 0 Å². The second kappa shape index (κ2) is 10.7. The number of nitrogens with one attached hydrogen (secondary N) is 2. The van der Waals surface area contributed by atoms with Gasteiger partial charge in [0.05, 0.1) is 0 Å². The van der Waals surface area contributed by atoms with E-state index in [1.54, 1.807) is 0 Å². The van der Waals surface area contributed by atoms with Gasteiger partial charge in [-0.15, -0.1) is 0 Å². The van der Waals surface area contributed by atoms with Gasteiger partial charge in [0, 0.05) is 37.5 Å². The van der Waals surface area contributed by atoms with Crippen LogP contribution in [0.1, 0.15) is 43.2 Å². The predicted octanol–water partition coefficient (Wildman–Crippen LogP) is 3.30. The zero-order chi connectivity index (χ0) is 24.1. The Balaban J connectivity index is 1.27. The molecule has 0 radical (unpaired) electrons. The number of rotatable bonds is 9. The first kappa shape index (κ1) is 23.8. The minimum Gasteiger partial charge on any atom is -0.479 e. The number of ether oxygens (including phenoxy) is 2. The highest BCUT2D eigenvalue weighted by Gasteiger charge is 2.34. The summed E-state index contributed by atoms with van der Waals surface area (Å²) in [6.45, 7) is 2.70. The molecule has 2 aromatic carbocycles. The molecule has 180 valence electrons. The van der Waals surface area contributed by atoms with Gasteiger partial charge in [0.15, 0.2) is 6.10 Å². The highest BCUT2D eigenvalue weighted by molar-refractivity contribution is 5.80. The van der Waals surface area contributed by atoms with Crippen molar-refractivity contribution in [3.63, 3.8) is 0 Å². The molecule has 2 amide bonds. The Morgan fingerprint density at radius 1 is 1.09 bits per heavy atom. The number of benzene rings is 2. The Morgan fingerprint density at radius 3 is 2.35 bits per heavy atom. The maximum atomic E-state index is 12.5. The third kappa shape index (κ3) is 5.22. The summed E-state index contributed by atoms with van der Waals surface area (Å²) in [7, 11) is 0. The molecule has 3 atom stereocenters. The first-order valence-corrected chi connectivity index (χ1v) is 11.7. The van der Waals surface area contributed by atoms with E-state index in [2.05, 4.69) is 34.9 Å². The summed E-state index contributed by atoms with van der Waals surface area (Å²) < 4.78 is 10.8. The zero-order valence-electron chi connectivity index (χ0n) is 19.2. The molecular weight excluding hydrogens is 436 g/mol. The molecule has 1 aliphatic carbocycles. The summed E-state index contributed by atoms with van der Waals surface area (Å²) in [5.74, 6) is -1.55. The van der Waals surface area contributed by atoms with E-state index in [1.807, 2.05) is 31.2 Å². The fourth-order valence-electron chi connectivity index (χ4n) is 4.76. The zero-order valence-corrected chi connectivity index (χ0v) is 19.2. The van der Waals surface area contributed by atoms with Gasteiger partial charge in [-0.25, -0.2) is 9.59 Å². The first-order chi connectivity index (χ1) is 16.5. The molecular formula is C26H30N2O6. The minimum absolute atomic E-state index is 0.0302. The van der Waals surface area contributed by atoms with Crippen LogP contribution >= 0.6 is 0 Å². The first-order valence-electron chi connectivity index (χ1n) is 11.7. The van der Waals surface area contributed by atoms with Gasteiger partial charge in [-0.05, 0) is 35.1 Å². The number of fused-ring (bicyclic) bond motifs is 3. The van der Waals surface area contributed by atoms with Crippen molar-refractivity contribution in [3.05, 3.63) is 59.7 Å². The van der Waals surface area contributed by atoms with E-state index in [-0.39, 0.29) is 43.4 Å². The molecule has 0 bridgehead atoms. The number of amides is 2. The van der Waals surface area contributed by atoms with Gasteiger partial charge in [0.2, 0.25) is 5.91 Å². The molecule has 1 aliphatic heterocycles. The van der Waals surface area contributed by atoms with Crippen molar-refractivity contribution >= 4 is 18.0 Å².